The summed E-state index contributed by atoms with van der Waals surface area (Å²) in [5, 5.41) is 7.80. The lowest BCUT2D eigenvalue weighted by atomic mass is 10.3. The van der Waals surface area contributed by atoms with Gasteiger partial charge in [-0.3, -0.25) is 5.43 Å². The molecule has 8 heteroatoms. The van der Waals surface area contributed by atoms with Gasteiger partial charge in [-0.2, -0.15) is 9.67 Å². The fourth-order valence-electron chi connectivity index (χ4n) is 1.60. The molecule has 0 amide bonds. The summed E-state index contributed by atoms with van der Waals surface area (Å²) in [5.74, 6) is 4.68. The van der Waals surface area contributed by atoms with Gasteiger partial charge in [0.2, 0.25) is 5.95 Å². The number of nitrogen functional groups attached to an aromatic ring is 1. The van der Waals surface area contributed by atoms with Gasteiger partial charge >= 0.3 is 0 Å². The number of hydrogen-bond donors (Lipinski definition) is 2. The fraction of sp³-hybridized carbons (Fsp3) is 0. The fourth-order valence-corrected chi connectivity index (χ4v) is 1.60. The van der Waals surface area contributed by atoms with Crippen LogP contribution < -0.4 is 11.3 Å². The second kappa shape index (κ2) is 4.00. The van der Waals surface area contributed by atoms with Gasteiger partial charge in [-0.15, -0.1) is 5.10 Å². The molecule has 3 rings (SSSR count). The molecule has 0 radical (unpaired) electrons. The van der Waals surface area contributed by atoms with Crippen molar-refractivity contribution in [3.05, 3.63) is 36.3 Å². The third-order valence-corrected chi connectivity index (χ3v) is 2.41. The van der Waals surface area contributed by atoms with Crippen molar-refractivity contribution in [3.8, 4) is 5.82 Å². The van der Waals surface area contributed by atoms with Crippen molar-refractivity contribution in [2.75, 3.05) is 5.43 Å². The number of hydrazine groups is 1. The molecule has 0 saturated carbocycles. The highest BCUT2D eigenvalue weighted by atomic mass is 19.1. The minimum atomic E-state index is -0.607. The highest BCUT2D eigenvalue weighted by molar-refractivity contribution is 5.75. The minimum Gasteiger partial charge on any atom is -0.292 e. The largest absolute Gasteiger partial charge is 0.292 e. The van der Waals surface area contributed by atoms with Gasteiger partial charge in [0.05, 0.1) is 11.7 Å². The molecule has 0 atom stereocenters. The van der Waals surface area contributed by atoms with Crippen molar-refractivity contribution < 1.29 is 4.39 Å². The van der Waals surface area contributed by atoms with Crippen LogP contribution in [0, 0.1) is 5.82 Å². The number of fused-ring (bicyclic) bond motifs is 1. The monoisotopic (exact) mass is 245 g/mol. The Balaban J connectivity index is 2.25. The van der Waals surface area contributed by atoms with E-state index < -0.39 is 5.82 Å². The summed E-state index contributed by atoms with van der Waals surface area (Å²) < 4.78 is 15.0. The van der Waals surface area contributed by atoms with Crippen molar-refractivity contribution in [2.45, 2.75) is 0 Å². The summed E-state index contributed by atoms with van der Waals surface area (Å²) in [7, 11) is 0. The number of anilines is 1. The molecule has 1 aromatic carbocycles. The minimum absolute atomic E-state index is 0.00773. The summed E-state index contributed by atoms with van der Waals surface area (Å²) in [6, 6.07) is 7.18. The Bertz CT molecular complexity index is 708. The zero-order valence-electron chi connectivity index (χ0n) is 9.08. The second-order valence-corrected chi connectivity index (χ2v) is 3.50. The van der Waals surface area contributed by atoms with Crippen LogP contribution in [0.2, 0.25) is 0 Å². The average molecular weight is 245 g/mol. The number of halogens is 1. The molecule has 18 heavy (non-hydrogen) atoms. The lowest BCUT2D eigenvalue weighted by Gasteiger charge is -2.04. The molecule has 2 heterocycles. The maximum Gasteiger partial charge on any atom is 0.239 e. The van der Waals surface area contributed by atoms with Crippen LogP contribution >= 0.6 is 0 Å². The Labute approximate surface area is 100 Å². The number of nitrogens with one attached hydrogen (secondary N) is 1. The number of nitrogens with zero attached hydrogens (tertiary/aromatic N) is 5. The molecular weight excluding hydrogens is 237 g/mol. The second-order valence-electron chi connectivity index (χ2n) is 3.50. The van der Waals surface area contributed by atoms with E-state index in [9.17, 15) is 4.39 Å². The van der Waals surface area contributed by atoms with E-state index in [-0.39, 0.29) is 11.8 Å². The van der Waals surface area contributed by atoms with E-state index in [0.717, 1.165) is 6.20 Å². The Morgan fingerprint density at radius 1 is 1.28 bits per heavy atom. The number of hydrogen-bond acceptors (Lipinski definition) is 6. The first-order chi connectivity index (χ1) is 8.79. The molecule has 0 unspecified atom stereocenters. The smallest absolute Gasteiger partial charge is 0.239 e. The van der Waals surface area contributed by atoms with Gasteiger partial charge in [-0.1, -0.05) is 17.3 Å². The maximum atomic E-state index is 13.7. The molecule has 7 nitrogen and oxygen atoms in total. The van der Waals surface area contributed by atoms with E-state index in [1.807, 2.05) is 12.1 Å². The van der Waals surface area contributed by atoms with Gasteiger partial charge in [0.15, 0.2) is 11.6 Å². The highest BCUT2D eigenvalue weighted by Crippen LogP contribution is 2.17. The molecule has 0 saturated heterocycles. The van der Waals surface area contributed by atoms with Crippen LogP contribution in [-0.4, -0.2) is 25.0 Å². The first-order valence-corrected chi connectivity index (χ1v) is 5.09. The lowest BCUT2D eigenvalue weighted by molar-refractivity contribution is 0.592. The molecule has 0 aliphatic heterocycles. The van der Waals surface area contributed by atoms with Crippen molar-refractivity contribution in [1.29, 1.82) is 0 Å². The standard InChI is InChI=1S/C10H8FN7/c11-6-5-13-10(15-12)14-9(6)18-8-4-2-1-3-7(8)16-17-18/h1-5H,12H2,(H,13,14,15). The van der Waals surface area contributed by atoms with Gasteiger partial charge in [0.25, 0.3) is 0 Å². The van der Waals surface area contributed by atoms with Crippen molar-refractivity contribution in [3.63, 3.8) is 0 Å². The first-order valence-electron chi connectivity index (χ1n) is 5.09. The molecule has 0 bridgehead atoms. The van der Waals surface area contributed by atoms with Gasteiger partial charge < -0.3 is 0 Å². The Morgan fingerprint density at radius 3 is 2.94 bits per heavy atom. The summed E-state index contributed by atoms with van der Waals surface area (Å²) in [6.07, 6.45) is 1.02. The summed E-state index contributed by atoms with van der Waals surface area (Å²) in [5.41, 5.74) is 3.56. The topological polar surface area (TPSA) is 94.5 Å². The van der Waals surface area contributed by atoms with Crippen LogP contribution in [0.3, 0.4) is 0 Å². The molecule has 3 N–H and O–H groups in total. The number of para-hydroxylation sites is 1. The maximum absolute atomic E-state index is 13.7. The zero-order valence-corrected chi connectivity index (χ0v) is 9.08. The van der Waals surface area contributed by atoms with Crippen molar-refractivity contribution >= 4 is 17.0 Å². The number of benzene rings is 1. The number of aromatic nitrogens is 5. The first kappa shape index (κ1) is 10.5. The van der Waals surface area contributed by atoms with Crippen LogP contribution in [0.1, 0.15) is 0 Å². The third kappa shape index (κ3) is 1.55. The predicted octanol–water partition coefficient (Wildman–Crippen LogP) is 0.635. The molecule has 0 aliphatic rings. The summed E-state index contributed by atoms with van der Waals surface area (Å²) in [4.78, 5) is 7.59. The van der Waals surface area contributed by atoms with E-state index in [0.29, 0.717) is 11.0 Å². The van der Waals surface area contributed by atoms with Crippen LogP contribution in [0.15, 0.2) is 30.5 Å². The van der Waals surface area contributed by atoms with Gasteiger partial charge in [-0.05, 0) is 12.1 Å². The van der Waals surface area contributed by atoms with E-state index in [2.05, 4.69) is 25.7 Å². The Morgan fingerprint density at radius 2 is 2.11 bits per heavy atom. The van der Waals surface area contributed by atoms with E-state index in [4.69, 9.17) is 5.84 Å². The van der Waals surface area contributed by atoms with Crippen molar-refractivity contribution in [1.82, 2.24) is 25.0 Å². The predicted molar refractivity (Wildman–Crippen MR) is 62.2 cm³/mol. The molecular formula is C10H8FN7. The Kier molecular flexibility index (Phi) is 2.34. The van der Waals surface area contributed by atoms with Gasteiger partial charge in [0.1, 0.15) is 5.52 Å². The summed E-state index contributed by atoms with van der Waals surface area (Å²) in [6.45, 7) is 0. The van der Waals surface area contributed by atoms with E-state index >= 15 is 0 Å². The zero-order chi connectivity index (χ0) is 12.5. The van der Waals surface area contributed by atoms with E-state index in [1.165, 1.54) is 4.68 Å². The third-order valence-electron chi connectivity index (χ3n) is 2.41. The molecule has 0 spiro atoms. The van der Waals surface area contributed by atoms with Crippen LogP contribution in [0.4, 0.5) is 10.3 Å². The van der Waals surface area contributed by atoms with Crippen LogP contribution in [-0.2, 0) is 0 Å². The van der Waals surface area contributed by atoms with Gasteiger partial charge in [-0.25, -0.2) is 15.2 Å². The quantitative estimate of drug-likeness (QED) is 0.508. The lowest BCUT2D eigenvalue weighted by Crippen LogP contribution is -2.13. The van der Waals surface area contributed by atoms with Crippen LogP contribution in [0.5, 0.6) is 0 Å². The van der Waals surface area contributed by atoms with Crippen LogP contribution in [0.25, 0.3) is 16.9 Å². The SMILES string of the molecule is NNc1ncc(F)c(-n2nnc3ccccc32)n1. The number of nitrogens with two attached hydrogens (primary N) is 1. The highest BCUT2D eigenvalue weighted by Gasteiger charge is 2.13. The summed E-state index contributed by atoms with van der Waals surface area (Å²) >= 11 is 0. The van der Waals surface area contributed by atoms with Crippen molar-refractivity contribution in [2.24, 2.45) is 5.84 Å². The molecule has 0 aliphatic carbocycles. The average Bonchev–Trinajstić information content (AvgIpc) is 2.83. The van der Waals surface area contributed by atoms with E-state index in [1.54, 1.807) is 12.1 Å². The number of rotatable bonds is 2. The normalized spacial score (nSPS) is 10.8. The molecule has 0 fully saturated rings. The Hall–Kier alpha value is -2.61. The molecule has 2 aromatic heterocycles. The molecule has 3 aromatic rings. The molecule has 90 valence electrons. The van der Waals surface area contributed by atoms with Gasteiger partial charge in [0, 0.05) is 0 Å².